The minimum absolute atomic E-state index is 0.349. The molecule has 1 aliphatic heterocycles. The zero-order chi connectivity index (χ0) is 11.4. The fourth-order valence-electron chi connectivity index (χ4n) is 2.63. The van der Waals surface area contributed by atoms with Crippen LogP contribution in [0.25, 0.3) is 0 Å². The summed E-state index contributed by atoms with van der Waals surface area (Å²) < 4.78 is 11.0. The highest BCUT2D eigenvalue weighted by Gasteiger charge is 2.37. The van der Waals surface area contributed by atoms with Crippen molar-refractivity contribution < 1.29 is 9.47 Å². The lowest BCUT2D eigenvalue weighted by Crippen LogP contribution is -2.50. The van der Waals surface area contributed by atoms with Gasteiger partial charge in [-0.15, -0.1) is 0 Å². The van der Waals surface area contributed by atoms with Crippen LogP contribution >= 0.6 is 0 Å². The fraction of sp³-hybridized carbons (Fsp3) is 1.00. The van der Waals surface area contributed by atoms with Gasteiger partial charge >= 0.3 is 0 Å². The molecule has 1 saturated heterocycles. The molecule has 0 aromatic heterocycles. The molecule has 16 heavy (non-hydrogen) atoms. The van der Waals surface area contributed by atoms with Crippen molar-refractivity contribution in [3.63, 3.8) is 0 Å². The van der Waals surface area contributed by atoms with Crippen molar-refractivity contribution >= 4 is 0 Å². The zero-order valence-corrected chi connectivity index (χ0v) is 10.2. The van der Waals surface area contributed by atoms with Crippen LogP contribution in [0, 0.1) is 0 Å². The molecule has 0 spiro atoms. The van der Waals surface area contributed by atoms with E-state index in [-0.39, 0.29) is 0 Å². The summed E-state index contributed by atoms with van der Waals surface area (Å²) in [6.07, 6.45) is 5.32. The molecule has 2 unspecified atom stereocenters. The summed E-state index contributed by atoms with van der Waals surface area (Å²) in [4.78, 5) is 2.51. The third-order valence-electron chi connectivity index (χ3n) is 3.63. The Kier molecular flexibility index (Phi) is 4.58. The van der Waals surface area contributed by atoms with E-state index in [4.69, 9.17) is 15.2 Å². The van der Waals surface area contributed by atoms with Crippen LogP contribution in [0.5, 0.6) is 0 Å². The summed E-state index contributed by atoms with van der Waals surface area (Å²) in [7, 11) is 1.76. The number of ether oxygens (including phenoxy) is 2. The molecule has 2 fully saturated rings. The van der Waals surface area contributed by atoms with Crippen LogP contribution in [-0.2, 0) is 9.47 Å². The van der Waals surface area contributed by atoms with E-state index in [9.17, 15) is 0 Å². The minimum Gasteiger partial charge on any atom is -0.383 e. The SMILES string of the molecule is COCCN(C1CC1)C(CN)C1CCCO1. The van der Waals surface area contributed by atoms with Gasteiger partial charge in [-0.25, -0.2) is 0 Å². The maximum absolute atomic E-state index is 5.93. The second-order valence-corrected chi connectivity index (χ2v) is 4.82. The van der Waals surface area contributed by atoms with E-state index in [0.717, 1.165) is 32.2 Å². The largest absolute Gasteiger partial charge is 0.383 e. The molecule has 1 heterocycles. The topological polar surface area (TPSA) is 47.7 Å². The summed E-state index contributed by atoms with van der Waals surface area (Å²) >= 11 is 0. The van der Waals surface area contributed by atoms with Gasteiger partial charge < -0.3 is 15.2 Å². The molecule has 0 aromatic rings. The van der Waals surface area contributed by atoms with Gasteiger partial charge in [0.05, 0.1) is 12.7 Å². The average Bonchev–Trinajstić information content (AvgIpc) is 3.00. The molecule has 1 saturated carbocycles. The first-order valence-electron chi connectivity index (χ1n) is 6.43. The van der Waals surface area contributed by atoms with Crippen LogP contribution in [0.2, 0.25) is 0 Å². The molecule has 2 atom stereocenters. The number of hydrogen-bond acceptors (Lipinski definition) is 4. The Morgan fingerprint density at radius 3 is 2.75 bits per heavy atom. The fourth-order valence-corrected chi connectivity index (χ4v) is 2.63. The van der Waals surface area contributed by atoms with Crippen molar-refractivity contribution in [2.24, 2.45) is 5.73 Å². The van der Waals surface area contributed by atoms with E-state index in [1.807, 2.05) is 0 Å². The summed E-state index contributed by atoms with van der Waals surface area (Å²) in [5.41, 5.74) is 5.93. The van der Waals surface area contributed by atoms with Gasteiger partial charge in [0.2, 0.25) is 0 Å². The lowest BCUT2D eigenvalue weighted by Gasteiger charge is -2.34. The van der Waals surface area contributed by atoms with Crippen LogP contribution in [0.4, 0.5) is 0 Å². The van der Waals surface area contributed by atoms with E-state index in [1.54, 1.807) is 7.11 Å². The number of hydrogen-bond donors (Lipinski definition) is 1. The maximum Gasteiger partial charge on any atom is 0.0743 e. The molecule has 0 amide bonds. The van der Waals surface area contributed by atoms with Gasteiger partial charge in [0.15, 0.2) is 0 Å². The molecule has 2 rings (SSSR count). The molecule has 0 aromatic carbocycles. The predicted octanol–water partition coefficient (Wildman–Crippen LogP) is 0.604. The summed E-state index contributed by atoms with van der Waals surface area (Å²) in [6, 6.07) is 1.12. The Morgan fingerprint density at radius 2 is 2.25 bits per heavy atom. The first-order valence-corrected chi connectivity index (χ1v) is 6.43. The highest BCUT2D eigenvalue weighted by atomic mass is 16.5. The Labute approximate surface area is 98.1 Å². The molecule has 4 nitrogen and oxygen atoms in total. The van der Waals surface area contributed by atoms with Crippen LogP contribution in [0.15, 0.2) is 0 Å². The van der Waals surface area contributed by atoms with Crippen molar-refractivity contribution in [1.29, 1.82) is 0 Å². The van der Waals surface area contributed by atoms with E-state index < -0.39 is 0 Å². The maximum atomic E-state index is 5.93. The van der Waals surface area contributed by atoms with Gasteiger partial charge in [-0.2, -0.15) is 0 Å². The summed E-state index contributed by atoms with van der Waals surface area (Å²) in [5, 5.41) is 0. The number of nitrogens with zero attached hydrogens (tertiary/aromatic N) is 1. The quantitative estimate of drug-likeness (QED) is 0.693. The lowest BCUT2D eigenvalue weighted by molar-refractivity contribution is 0.0135. The van der Waals surface area contributed by atoms with Crippen molar-refractivity contribution in [2.45, 2.75) is 43.9 Å². The monoisotopic (exact) mass is 228 g/mol. The molecule has 2 N–H and O–H groups in total. The highest BCUT2D eigenvalue weighted by molar-refractivity contribution is 4.93. The lowest BCUT2D eigenvalue weighted by atomic mass is 10.1. The Bertz CT molecular complexity index is 203. The second-order valence-electron chi connectivity index (χ2n) is 4.82. The van der Waals surface area contributed by atoms with Gasteiger partial charge in [-0.05, 0) is 25.7 Å². The highest BCUT2D eigenvalue weighted by Crippen LogP contribution is 2.31. The first kappa shape index (κ1) is 12.3. The molecular weight excluding hydrogens is 204 g/mol. The third kappa shape index (κ3) is 2.94. The predicted molar refractivity (Wildman–Crippen MR) is 63.4 cm³/mol. The van der Waals surface area contributed by atoms with Gasteiger partial charge in [-0.3, -0.25) is 4.90 Å². The molecule has 0 radical (unpaired) electrons. The van der Waals surface area contributed by atoms with Crippen LogP contribution < -0.4 is 5.73 Å². The van der Waals surface area contributed by atoms with E-state index in [0.29, 0.717) is 18.7 Å². The Morgan fingerprint density at radius 1 is 1.44 bits per heavy atom. The standard InChI is InChI=1S/C12H24N2O2/c1-15-8-6-14(10-4-5-10)11(9-13)12-3-2-7-16-12/h10-12H,2-9,13H2,1H3. The van der Waals surface area contributed by atoms with Crippen LogP contribution in [-0.4, -0.2) is 56.5 Å². The number of nitrogens with two attached hydrogens (primary N) is 1. The molecule has 1 aliphatic carbocycles. The van der Waals surface area contributed by atoms with E-state index in [2.05, 4.69) is 4.90 Å². The van der Waals surface area contributed by atoms with Crippen molar-refractivity contribution in [2.75, 3.05) is 33.4 Å². The molecule has 2 aliphatic rings. The zero-order valence-electron chi connectivity index (χ0n) is 10.2. The minimum atomic E-state index is 0.349. The van der Waals surface area contributed by atoms with Crippen molar-refractivity contribution in [1.82, 2.24) is 4.90 Å². The van der Waals surface area contributed by atoms with Gasteiger partial charge in [-0.1, -0.05) is 0 Å². The summed E-state index contributed by atoms with van der Waals surface area (Å²) in [5.74, 6) is 0. The first-order chi connectivity index (χ1) is 7.86. The summed E-state index contributed by atoms with van der Waals surface area (Å²) in [6.45, 7) is 3.39. The smallest absolute Gasteiger partial charge is 0.0743 e. The molecular formula is C12H24N2O2. The number of methoxy groups -OCH3 is 1. The molecule has 94 valence electrons. The molecule has 0 bridgehead atoms. The van der Waals surface area contributed by atoms with Gasteiger partial charge in [0.1, 0.15) is 0 Å². The van der Waals surface area contributed by atoms with Gasteiger partial charge in [0.25, 0.3) is 0 Å². The third-order valence-corrected chi connectivity index (χ3v) is 3.63. The Balaban J connectivity index is 1.91. The van der Waals surface area contributed by atoms with Crippen molar-refractivity contribution in [3.05, 3.63) is 0 Å². The van der Waals surface area contributed by atoms with E-state index >= 15 is 0 Å². The normalized spacial score (nSPS) is 27.6. The van der Waals surface area contributed by atoms with E-state index in [1.165, 1.54) is 19.3 Å². The Hall–Kier alpha value is -0.160. The van der Waals surface area contributed by atoms with Gasteiger partial charge in [0, 0.05) is 38.9 Å². The average molecular weight is 228 g/mol. The van der Waals surface area contributed by atoms with Crippen LogP contribution in [0.1, 0.15) is 25.7 Å². The van der Waals surface area contributed by atoms with Crippen LogP contribution in [0.3, 0.4) is 0 Å². The van der Waals surface area contributed by atoms with Crippen molar-refractivity contribution in [3.8, 4) is 0 Å². The second kappa shape index (κ2) is 5.96. The molecule has 4 heteroatoms. The number of rotatable bonds is 7.